The predicted octanol–water partition coefficient (Wildman–Crippen LogP) is 2.66. The van der Waals surface area contributed by atoms with E-state index in [1.807, 2.05) is 19.9 Å². The zero-order chi connectivity index (χ0) is 17.5. The van der Waals surface area contributed by atoms with E-state index >= 15 is 0 Å². The van der Waals surface area contributed by atoms with E-state index in [9.17, 15) is 4.79 Å². The van der Waals surface area contributed by atoms with Gasteiger partial charge >= 0.3 is 6.09 Å². The molecule has 1 saturated heterocycles. The van der Waals surface area contributed by atoms with Crippen LogP contribution in [0.1, 0.15) is 39.4 Å². The minimum atomic E-state index is -0.211. The van der Waals surface area contributed by atoms with Crippen molar-refractivity contribution in [2.24, 2.45) is 0 Å². The van der Waals surface area contributed by atoms with Gasteiger partial charge in [-0.2, -0.15) is 0 Å². The number of aromatic nitrogens is 2. The van der Waals surface area contributed by atoms with Gasteiger partial charge in [-0.05, 0) is 40.5 Å². The first-order valence-electron chi connectivity index (χ1n) is 8.86. The highest BCUT2D eigenvalue weighted by Crippen LogP contribution is 2.20. The van der Waals surface area contributed by atoms with Crippen molar-refractivity contribution >= 4 is 17.7 Å². The van der Waals surface area contributed by atoms with Gasteiger partial charge in [0.2, 0.25) is 0 Å². The van der Waals surface area contributed by atoms with Crippen LogP contribution in [0, 0.1) is 6.92 Å². The third-order valence-corrected chi connectivity index (χ3v) is 4.28. The molecule has 0 unspecified atom stereocenters. The Morgan fingerprint density at radius 1 is 1.29 bits per heavy atom. The van der Waals surface area contributed by atoms with E-state index in [1.165, 1.54) is 0 Å². The number of aryl methyl sites for hydroxylation is 1. The van der Waals surface area contributed by atoms with Crippen LogP contribution in [0.2, 0.25) is 0 Å². The monoisotopic (exact) mass is 335 g/mol. The standard InChI is InChI=1S/C17H29N5O2/c1-5-21(6-2)16-12-15(18-13(4)19-16)20-14-8-10-22(11-9-14)17(23)24-7-3/h12,14H,5-11H2,1-4H3,(H,18,19,20). The van der Waals surface area contributed by atoms with Crippen LogP contribution in [0.3, 0.4) is 0 Å². The van der Waals surface area contributed by atoms with Gasteiger partial charge in [-0.25, -0.2) is 14.8 Å². The Morgan fingerprint density at radius 2 is 1.96 bits per heavy atom. The summed E-state index contributed by atoms with van der Waals surface area (Å²) < 4.78 is 5.06. The van der Waals surface area contributed by atoms with Gasteiger partial charge in [0.05, 0.1) is 6.61 Å². The van der Waals surface area contributed by atoms with Crippen LogP contribution in [0.25, 0.3) is 0 Å². The number of ether oxygens (including phenoxy) is 1. The van der Waals surface area contributed by atoms with Crippen molar-refractivity contribution in [2.45, 2.75) is 46.6 Å². The lowest BCUT2D eigenvalue weighted by atomic mass is 10.1. The van der Waals surface area contributed by atoms with Gasteiger partial charge in [-0.15, -0.1) is 0 Å². The molecule has 1 aromatic heterocycles. The summed E-state index contributed by atoms with van der Waals surface area (Å²) in [5.41, 5.74) is 0. The molecule has 1 aliphatic heterocycles. The van der Waals surface area contributed by atoms with Crippen molar-refractivity contribution in [1.82, 2.24) is 14.9 Å². The van der Waals surface area contributed by atoms with Crippen molar-refractivity contribution < 1.29 is 9.53 Å². The van der Waals surface area contributed by atoms with Crippen LogP contribution in [-0.2, 0) is 4.74 Å². The summed E-state index contributed by atoms with van der Waals surface area (Å²) in [5.74, 6) is 2.59. The Labute approximate surface area is 144 Å². The number of carbonyl (C=O) groups is 1. The molecule has 1 N–H and O–H groups in total. The maximum Gasteiger partial charge on any atom is 0.409 e. The van der Waals surface area contributed by atoms with Crippen LogP contribution in [0.4, 0.5) is 16.4 Å². The molecule has 0 spiro atoms. The molecule has 0 radical (unpaired) electrons. The van der Waals surface area contributed by atoms with Gasteiger partial charge in [0.15, 0.2) is 0 Å². The number of carbonyl (C=O) groups excluding carboxylic acids is 1. The number of rotatable bonds is 6. The second kappa shape index (κ2) is 8.70. The summed E-state index contributed by atoms with van der Waals surface area (Å²) in [6.07, 6.45) is 1.57. The van der Waals surface area contributed by atoms with Gasteiger partial charge in [0.1, 0.15) is 17.5 Å². The molecule has 0 aromatic carbocycles. The first-order valence-corrected chi connectivity index (χ1v) is 8.86. The lowest BCUT2D eigenvalue weighted by molar-refractivity contribution is 0.0983. The third-order valence-electron chi connectivity index (χ3n) is 4.28. The summed E-state index contributed by atoms with van der Waals surface area (Å²) in [7, 11) is 0. The number of amides is 1. The minimum absolute atomic E-state index is 0.211. The quantitative estimate of drug-likeness (QED) is 0.862. The molecule has 2 rings (SSSR count). The SMILES string of the molecule is CCOC(=O)N1CCC(Nc2cc(N(CC)CC)nc(C)n2)CC1. The van der Waals surface area contributed by atoms with Gasteiger partial charge in [-0.3, -0.25) is 0 Å². The number of nitrogens with one attached hydrogen (secondary N) is 1. The maximum atomic E-state index is 11.8. The van der Waals surface area contributed by atoms with Crippen LogP contribution >= 0.6 is 0 Å². The molecule has 1 aliphatic rings. The Morgan fingerprint density at radius 3 is 2.54 bits per heavy atom. The number of nitrogens with zero attached hydrogens (tertiary/aromatic N) is 4. The highest BCUT2D eigenvalue weighted by molar-refractivity contribution is 5.67. The topological polar surface area (TPSA) is 70.6 Å². The van der Waals surface area contributed by atoms with E-state index in [2.05, 4.69) is 34.0 Å². The van der Waals surface area contributed by atoms with Crippen molar-refractivity contribution in [1.29, 1.82) is 0 Å². The van der Waals surface area contributed by atoms with Crippen molar-refractivity contribution in [3.63, 3.8) is 0 Å². The zero-order valence-corrected chi connectivity index (χ0v) is 15.2. The molecule has 0 atom stereocenters. The first-order chi connectivity index (χ1) is 11.6. The van der Waals surface area contributed by atoms with Crippen molar-refractivity contribution in [2.75, 3.05) is 43.0 Å². The molecule has 2 heterocycles. The Balaban J connectivity index is 1.96. The summed E-state index contributed by atoms with van der Waals surface area (Å²) in [6.45, 7) is 11.7. The summed E-state index contributed by atoms with van der Waals surface area (Å²) >= 11 is 0. The smallest absolute Gasteiger partial charge is 0.409 e. The summed E-state index contributed by atoms with van der Waals surface area (Å²) in [5, 5.41) is 3.50. The zero-order valence-electron chi connectivity index (χ0n) is 15.2. The van der Waals surface area contributed by atoms with Crippen LogP contribution in [-0.4, -0.2) is 59.8 Å². The molecule has 134 valence electrons. The van der Waals surface area contributed by atoms with E-state index < -0.39 is 0 Å². The minimum Gasteiger partial charge on any atom is -0.450 e. The normalized spacial score (nSPS) is 15.2. The molecule has 24 heavy (non-hydrogen) atoms. The average Bonchev–Trinajstić information content (AvgIpc) is 2.56. The third kappa shape index (κ3) is 4.72. The number of hydrogen-bond donors (Lipinski definition) is 1. The Hall–Kier alpha value is -2.05. The molecule has 0 bridgehead atoms. The van der Waals surface area contributed by atoms with Crippen molar-refractivity contribution in [3.05, 3.63) is 11.9 Å². The van der Waals surface area contributed by atoms with Crippen LogP contribution in [0.5, 0.6) is 0 Å². The second-order valence-corrected chi connectivity index (χ2v) is 5.94. The number of hydrogen-bond acceptors (Lipinski definition) is 6. The Kier molecular flexibility index (Phi) is 6.63. The molecular formula is C17H29N5O2. The van der Waals surface area contributed by atoms with E-state index in [4.69, 9.17) is 4.74 Å². The largest absolute Gasteiger partial charge is 0.450 e. The Bertz CT molecular complexity index is 540. The van der Waals surface area contributed by atoms with Gasteiger partial charge in [-0.1, -0.05) is 0 Å². The van der Waals surface area contributed by atoms with E-state index in [0.29, 0.717) is 25.7 Å². The maximum absolute atomic E-state index is 11.8. The number of piperidine rings is 1. The van der Waals surface area contributed by atoms with Gasteiger partial charge in [0.25, 0.3) is 0 Å². The molecule has 7 heteroatoms. The summed E-state index contributed by atoms with van der Waals surface area (Å²) in [4.78, 5) is 24.8. The molecule has 1 amide bonds. The molecular weight excluding hydrogens is 306 g/mol. The van der Waals surface area contributed by atoms with E-state index in [0.717, 1.165) is 43.4 Å². The number of likely N-dealkylation sites (tertiary alicyclic amines) is 1. The molecule has 0 aliphatic carbocycles. The number of anilines is 2. The highest BCUT2D eigenvalue weighted by atomic mass is 16.6. The van der Waals surface area contributed by atoms with Crippen molar-refractivity contribution in [3.8, 4) is 0 Å². The van der Waals surface area contributed by atoms with E-state index in [1.54, 1.807) is 4.90 Å². The summed E-state index contributed by atoms with van der Waals surface area (Å²) in [6, 6.07) is 2.33. The average molecular weight is 335 g/mol. The van der Waals surface area contributed by atoms with Gasteiger partial charge in [0, 0.05) is 38.3 Å². The predicted molar refractivity (Wildman–Crippen MR) is 95.6 cm³/mol. The fourth-order valence-corrected chi connectivity index (χ4v) is 2.97. The van der Waals surface area contributed by atoms with E-state index in [-0.39, 0.29) is 6.09 Å². The lowest BCUT2D eigenvalue weighted by Gasteiger charge is -2.32. The fourth-order valence-electron chi connectivity index (χ4n) is 2.97. The molecule has 1 fully saturated rings. The van der Waals surface area contributed by atoms with Crippen LogP contribution in [0.15, 0.2) is 6.07 Å². The van der Waals surface area contributed by atoms with Crippen LogP contribution < -0.4 is 10.2 Å². The lowest BCUT2D eigenvalue weighted by Crippen LogP contribution is -2.42. The second-order valence-electron chi connectivity index (χ2n) is 5.94. The molecule has 1 aromatic rings. The molecule has 0 saturated carbocycles. The van der Waals surface area contributed by atoms with Gasteiger partial charge < -0.3 is 19.9 Å². The molecule has 7 nitrogen and oxygen atoms in total. The first kappa shape index (κ1) is 18.3. The highest BCUT2D eigenvalue weighted by Gasteiger charge is 2.23. The fraction of sp³-hybridized carbons (Fsp3) is 0.706.